The number of nitrogens with zero attached hydrogens (tertiary/aromatic N) is 1. The number of nitrogens with one attached hydrogen (secondary N) is 1. The zero-order chi connectivity index (χ0) is 14.8. The van der Waals surface area contributed by atoms with Crippen LogP contribution in [-0.2, 0) is 16.8 Å². The predicted molar refractivity (Wildman–Crippen MR) is 78.2 cm³/mol. The number of piperidine rings is 1. The molecule has 1 atom stereocenters. The molecule has 1 aliphatic heterocycles. The van der Waals surface area contributed by atoms with Crippen LogP contribution in [0.4, 0.5) is 5.69 Å². The molecular formula is C13H21N3O3S. The lowest BCUT2D eigenvalue weighted by Crippen LogP contribution is -2.45. The summed E-state index contributed by atoms with van der Waals surface area (Å²) in [6.07, 6.45) is 1.94. The number of nitrogen functional groups attached to an aromatic ring is 1. The summed E-state index contributed by atoms with van der Waals surface area (Å²) in [7, 11) is -3.51. The molecule has 1 saturated heterocycles. The van der Waals surface area contributed by atoms with E-state index in [1.54, 1.807) is 12.1 Å². The van der Waals surface area contributed by atoms with Gasteiger partial charge in [-0.15, -0.1) is 0 Å². The molecule has 6 nitrogen and oxygen atoms in total. The molecule has 0 radical (unpaired) electrons. The van der Waals surface area contributed by atoms with E-state index in [4.69, 9.17) is 5.73 Å². The highest BCUT2D eigenvalue weighted by Gasteiger charge is 2.26. The van der Waals surface area contributed by atoms with Crippen molar-refractivity contribution in [3.05, 3.63) is 23.8 Å². The molecule has 0 aliphatic carbocycles. The number of hydrogen-bond acceptors (Lipinski definition) is 4. The first kappa shape index (κ1) is 15.1. The van der Waals surface area contributed by atoms with Gasteiger partial charge in [0, 0.05) is 30.9 Å². The van der Waals surface area contributed by atoms with Crippen LogP contribution in [0.2, 0.25) is 0 Å². The Bertz CT molecular complexity index is 574. The van der Waals surface area contributed by atoms with Crippen LogP contribution in [0.15, 0.2) is 18.2 Å². The van der Waals surface area contributed by atoms with Crippen molar-refractivity contribution in [3.63, 3.8) is 0 Å². The van der Waals surface area contributed by atoms with Crippen LogP contribution in [0, 0.1) is 5.92 Å². The van der Waals surface area contributed by atoms with Crippen molar-refractivity contribution in [3.8, 4) is 5.75 Å². The number of nitrogens with two attached hydrogens (primary N) is 1. The maximum atomic E-state index is 12.2. The van der Waals surface area contributed by atoms with Gasteiger partial charge in [0.25, 0.3) is 10.2 Å². The molecule has 1 unspecified atom stereocenters. The van der Waals surface area contributed by atoms with Crippen LogP contribution in [0.3, 0.4) is 0 Å². The standard InChI is InChI=1S/C13H21N3O3S/c1-10-3-2-6-16(9-10)20(18,19)15-8-11-7-12(14)4-5-13(11)17/h4-5,7,10,15,17H,2-3,6,8-9,14H2,1H3. The summed E-state index contributed by atoms with van der Waals surface area (Å²) < 4.78 is 28.4. The third-order valence-corrected chi connectivity index (χ3v) is 5.03. The molecule has 0 amide bonds. The maximum Gasteiger partial charge on any atom is 0.279 e. The van der Waals surface area contributed by atoms with Crippen molar-refractivity contribution < 1.29 is 13.5 Å². The smallest absolute Gasteiger partial charge is 0.279 e. The normalized spacial score (nSPS) is 20.9. The van der Waals surface area contributed by atoms with Crippen LogP contribution < -0.4 is 10.5 Å². The van der Waals surface area contributed by atoms with Crippen LogP contribution in [0.25, 0.3) is 0 Å². The molecule has 1 heterocycles. The molecule has 0 saturated carbocycles. The highest BCUT2D eigenvalue weighted by atomic mass is 32.2. The van der Waals surface area contributed by atoms with E-state index in [0.29, 0.717) is 30.3 Å². The Hall–Kier alpha value is -1.31. The van der Waals surface area contributed by atoms with Crippen molar-refractivity contribution in [2.45, 2.75) is 26.3 Å². The van der Waals surface area contributed by atoms with Gasteiger partial charge in [0.2, 0.25) is 0 Å². The van der Waals surface area contributed by atoms with Crippen molar-refractivity contribution in [1.82, 2.24) is 9.03 Å². The van der Waals surface area contributed by atoms with Gasteiger partial charge in [-0.2, -0.15) is 17.4 Å². The molecule has 1 aliphatic rings. The van der Waals surface area contributed by atoms with Gasteiger partial charge in [0.15, 0.2) is 0 Å². The van der Waals surface area contributed by atoms with Crippen molar-refractivity contribution in [2.75, 3.05) is 18.8 Å². The van der Waals surface area contributed by atoms with Crippen molar-refractivity contribution in [2.24, 2.45) is 5.92 Å². The fraction of sp³-hybridized carbons (Fsp3) is 0.538. The molecule has 1 aromatic carbocycles. The molecule has 0 bridgehead atoms. The number of rotatable bonds is 4. The Kier molecular flexibility index (Phi) is 4.52. The van der Waals surface area contributed by atoms with Gasteiger partial charge in [-0.25, -0.2) is 0 Å². The minimum Gasteiger partial charge on any atom is -0.508 e. The lowest BCUT2D eigenvalue weighted by Gasteiger charge is -2.30. The van der Waals surface area contributed by atoms with Gasteiger partial charge < -0.3 is 10.8 Å². The van der Waals surface area contributed by atoms with E-state index in [2.05, 4.69) is 4.72 Å². The Balaban J connectivity index is 2.03. The first-order valence-corrected chi connectivity index (χ1v) is 8.14. The summed E-state index contributed by atoms with van der Waals surface area (Å²) >= 11 is 0. The Morgan fingerprint density at radius 3 is 2.95 bits per heavy atom. The number of aromatic hydroxyl groups is 1. The van der Waals surface area contributed by atoms with Gasteiger partial charge in [0.1, 0.15) is 5.75 Å². The molecule has 20 heavy (non-hydrogen) atoms. The number of anilines is 1. The van der Waals surface area contributed by atoms with Crippen LogP contribution in [0.5, 0.6) is 5.75 Å². The maximum absolute atomic E-state index is 12.2. The summed E-state index contributed by atoms with van der Waals surface area (Å²) in [5, 5.41) is 9.68. The van der Waals surface area contributed by atoms with Gasteiger partial charge in [-0.1, -0.05) is 6.92 Å². The Morgan fingerprint density at radius 1 is 1.50 bits per heavy atom. The average molecular weight is 299 g/mol. The fourth-order valence-electron chi connectivity index (χ4n) is 2.37. The van der Waals surface area contributed by atoms with Crippen molar-refractivity contribution in [1.29, 1.82) is 0 Å². The van der Waals surface area contributed by atoms with E-state index < -0.39 is 10.2 Å². The number of phenols is 1. The third-order valence-electron chi connectivity index (χ3n) is 3.51. The largest absolute Gasteiger partial charge is 0.508 e. The second-order valence-corrected chi connectivity index (χ2v) is 7.07. The summed E-state index contributed by atoms with van der Waals surface area (Å²) in [6.45, 7) is 3.16. The fourth-order valence-corrected chi connectivity index (χ4v) is 3.71. The molecule has 0 spiro atoms. The van der Waals surface area contributed by atoms with E-state index >= 15 is 0 Å². The topological polar surface area (TPSA) is 95.7 Å². The van der Waals surface area contributed by atoms with Gasteiger partial charge in [-0.05, 0) is 37.0 Å². The van der Waals surface area contributed by atoms with Gasteiger partial charge in [-0.3, -0.25) is 0 Å². The SMILES string of the molecule is CC1CCCN(S(=O)(=O)NCc2cc(N)ccc2O)C1. The minimum absolute atomic E-state index is 0.0318. The highest BCUT2D eigenvalue weighted by molar-refractivity contribution is 7.87. The van der Waals surface area contributed by atoms with Crippen LogP contribution in [-0.4, -0.2) is 30.9 Å². The lowest BCUT2D eigenvalue weighted by molar-refractivity contribution is 0.278. The summed E-state index contributed by atoms with van der Waals surface area (Å²) in [5.74, 6) is 0.412. The second kappa shape index (κ2) is 5.99. The Labute approximate surface area is 119 Å². The van der Waals surface area contributed by atoms with E-state index in [9.17, 15) is 13.5 Å². The lowest BCUT2D eigenvalue weighted by atomic mass is 10.0. The molecule has 0 aromatic heterocycles. The molecule has 7 heteroatoms. The molecule has 4 N–H and O–H groups in total. The predicted octanol–water partition coefficient (Wildman–Crippen LogP) is 1.04. The van der Waals surface area contributed by atoms with E-state index in [1.807, 2.05) is 6.92 Å². The zero-order valence-electron chi connectivity index (χ0n) is 11.5. The third kappa shape index (κ3) is 3.62. The average Bonchev–Trinajstić information content (AvgIpc) is 2.40. The molecule has 2 rings (SSSR count). The molecule has 112 valence electrons. The molecule has 1 fully saturated rings. The van der Waals surface area contributed by atoms with Crippen LogP contribution >= 0.6 is 0 Å². The number of phenolic OH excluding ortho intramolecular Hbond substituents is 1. The highest BCUT2D eigenvalue weighted by Crippen LogP contribution is 2.21. The van der Waals surface area contributed by atoms with E-state index in [0.717, 1.165) is 12.8 Å². The van der Waals surface area contributed by atoms with E-state index in [-0.39, 0.29) is 12.3 Å². The monoisotopic (exact) mass is 299 g/mol. The van der Waals surface area contributed by atoms with Crippen LogP contribution in [0.1, 0.15) is 25.3 Å². The quantitative estimate of drug-likeness (QED) is 0.572. The summed E-state index contributed by atoms with van der Waals surface area (Å²) in [6, 6.07) is 4.60. The molecular weight excluding hydrogens is 278 g/mol. The van der Waals surface area contributed by atoms with Crippen molar-refractivity contribution >= 4 is 15.9 Å². The minimum atomic E-state index is -3.51. The zero-order valence-corrected chi connectivity index (χ0v) is 12.4. The summed E-state index contributed by atoms with van der Waals surface area (Å²) in [4.78, 5) is 0. The molecule has 1 aromatic rings. The number of benzene rings is 1. The Morgan fingerprint density at radius 2 is 2.25 bits per heavy atom. The van der Waals surface area contributed by atoms with E-state index in [1.165, 1.54) is 10.4 Å². The first-order valence-electron chi connectivity index (χ1n) is 6.70. The van der Waals surface area contributed by atoms with Gasteiger partial charge in [0.05, 0.1) is 0 Å². The second-order valence-electron chi connectivity index (χ2n) is 5.32. The summed E-state index contributed by atoms with van der Waals surface area (Å²) in [5.41, 5.74) is 6.59. The van der Waals surface area contributed by atoms with Gasteiger partial charge >= 0.3 is 0 Å². The number of hydrogen-bond donors (Lipinski definition) is 3. The first-order chi connectivity index (χ1) is 9.38.